The van der Waals surface area contributed by atoms with Crippen molar-refractivity contribution < 1.29 is 19.2 Å². The predicted octanol–water partition coefficient (Wildman–Crippen LogP) is 3.70. The summed E-state index contributed by atoms with van der Waals surface area (Å²) in [5, 5.41) is 13.9. The van der Waals surface area contributed by atoms with E-state index in [-0.39, 0.29) is 24.6 Å². The Hall–Kier alpha value is -2.65. The number of benzene rings is 1. The highest BCUT2D eigenvalue weighted by molar-refractivity contribution is 7.16. The maximum absolute atomic E-state index is 12.0. The second-order valence-corrected chi connectivity index (χ2v) is 7.72. The number of nitrogens with one attached hydrogen (secondary N) is 1. The number of amides is 1. The molecule has 0 aliphatic carbocycles. The SMILES string of the molecule is CN(Cc1ccc(Cl)s1)C(=O)COC(=O)CCCNc1ccccc1[N+](=O)[O-]. The zero-order valence-corrected chi connectivity index (χ0v) is 16.8. The summed E-state index contributed by atoms with van der Waals surface area (Å²) in [4.78, 5) is 36.7. The second kappa shape index (κ2) is 10.6. The molecular formula is C18H20ClN3O5S. The molecule has 0 bridgehead atoms. The molecule has 8 nitrogen and oxygen atoms in total. The molecule has 10 heteroatoms. The summed E-state index contributed by atoms with van der Waals surface area (Å²) in [7, 11) is 1.63. The highest BCUT2D eigenvalue weighted by atomic mass is 35.5. The topological polar surface area (TPSA) is 102 Å². The van der Waals surface area contributed by atoms with Crippen LogP contribution in [-0.4, -0.2) is 41.9 Å². The van der Waals surface area contributed by atoms with Crippen molar-refractivity contribution in [3.63, 3.8) is 0 Å². The third-order valence-corrected chi connectivity index (χ3v) is 4.99. The molecule has 2 rings (SSSR count). The van der Waals surface area contributed by atoms with Crippen molar-refractivity contribution in [2.24, 2.45) is 0 Å². The van der Waals surface area contributed by atoms with E-state index in [1.54, 1.807) is 31.3 Å². The van der Waals surface area contributed by atoms with Crippen molar-refractivity contribution in [2.75, 3.05) is 25.5 Å². The number of ether oxygens (including phenoxy) is 1. The van der Waals surface area contributed by atoms with E-state index in [9.17, 15) is 19.7 Å². The fraction of sp³-hybridized carbons (Fsp3) is 0.333. The first-order chi connectivity index (χ1) is 13.4. The first-order valence-corrected chi connectivity index (χ1v) is 9.67. The van der Waals surface area contributed by atoms with Crippen molar-refractivity contribution >= 4 is 46.2 Å². The number of carbonyl (C=O) groups excluding carboxylic acids is 2. The lowest BCUT2D eigenvalue weighted by Gasteiger charge is -2.16. The van der Waals surface area contributed by atoms with Crippen LogP contribution >= 0.6 is 22.9 Å². The van der Waals surface area contributed by atoms with Gasteiger partial charge in [-0.15, -0.1) is 11.3 Å². The molecule has 1 N–H and O–H groups in total. The third-order valence-electron chi connectivity index (χ3n) is 3.78. The summed E-state index contributed by atoms with van der Waals surface area (Å²) in [6.07, 6.45) is 0.522. The quantitative estimate of drug-likeness (QED) is 0.269. The van der Waals surface area contributed by atoms with Crippen LogP contribution in [0.4, 0.5) is 11.4 Å². The molecular weight excluding hydrogens is 406 g/mol. The van der Waals surface area contributed by atoms with Crippen molar-refractivity contribution in [3.8, 4) is 0 Å². The molecule has 2 aromatic rings. The Labute approximate surface area is 171 Å². The van der Waals surface area contributed by atoms with Gasteiger partial charge in [-0.25, -0.2) is 0 Å². The maximum atomic E-state index is 12.0. The van der Waals surface area contributed by atoms with Crippen LogP contribution in [0.15, 0.2) is 36.4 Å². The van der Waals surface area contributed by atoms with Gasteiger partial charge in [-0.1, -0.05) is 23.7 Å². The fourth-order valence-electron chi connectivity index (χ4n) is 2.32. The second-order valence-electron chi connectivity index (χ2n) is 5.92. The van der Waals surface area contributed by atoms with E-state index in [1.165, 1.54) is 22.3 Å². The molecule has 0 aliphatic heterocycles. The smallest absolute Gasteiger partial charge is 0.306 e. The molecule has 0 spiro atoms. The van der Waals surface area contributed by atoms with Gasteiger partial charge in [-0.3, -0.25) is 19.7 Å². The number of hydrogen-bond donors (Lipinski definition) is 1. The van der Waals surface area contributed by atoms with E-state index in [0.717, 1.165) is 4.88 Å². The number of para-hydroxylation sites is 2. The van der Waals surface area contributed by atoms with E-state index in [0.29, 0.717) is 29.5 Å². The van der Waals surface area contributed by atoms with E-state index in [1.807, 2.05) is 6.07 Å². The van der Waals surface area contributed by atoms with Crippen molar-refractivity contribution in [2.45, 2.75) is 19.4 Å². The van der Waals surface area contributed by atoms with E-state index in [2.05, 4.69) is 5.32 Å². The molecule has 0 saturated carbocycles. The Morgan fingerprint density at radius 3 is 2.71 bits per heavy atom. The van der Waals surface area contributed by atoms with Gasteiger partial charge in [-0.05, 0) is 24.6 Å². The van der Waals surface area contributed by atoms with Gasteiger partial charge in [0.2, 0.25) is 0 Å². The van der Waals surface area contributed by atoms with Gasteiger partial charge in [0, 0.05) is 31.0 Å². The van der Waals surface area contributed by atoms with Crippen molar-refractivity contribution in [1.82, 2.24) is 4.90 Å². The van der Waals surface area contributed by atoms with Crippen molar-refractivity contribution in [3.05, 3.63) is 55.7 Å². The lowest BCUT2D eigenvalue weighted by Crippen LogP contribution is -2.30. The maximum Gasteiger partial charge on any atom is 0.306 e. The number of thiophene rings is 1. The average Bonchev–Trinajstić information content (AvgIpc) is 3.08. The van der Waals surface area contributed by atoms with Crippen LogP contribution in [0, 0.1) is 10.1 Å². The fourth-order valence-corrected chi connectivity index (χ4v) is 3.46. The Balaban J connectivity index is 1.66. The zero-order chi connectivity index (χ0) is 20.5. The predicted molar refractivity (Wildman–Crippen MR) is 108 cm³/mol. The Kier molecular flexibility index (Phi) is 8.21. The summed E-state index contributed by atoms with van der Waals surface area (Å²) in [6, 6.07) is 9.89. The van der Waals surface area contributed by atoms with Crippen LogP contribution in [0.3, 0.4) is 0 Å². The van der Waals surface area contributed by atoms with Crippen LogP contribution in [0.2, 0.25) is 4.34 Å². The summed E-state index contributed by atoms with van der Waals surface area (Å²) < 4.78 is 5.64. The van der Waals surface area contributed by atoms with Gasteiger partial charge in [0.05, 0.1) is 15.8 Å². The highest BCUT2D eigenvalue weighted by Gasteiger charge is 2.14. The van der Waals surface area contributed by atoms with Gasteiger partial charge in [0.1, 0.15) is 5.69 Å². The molecule has 28 heavy (non-hydrogen) atoms. The monoisotopic (exact) mass is 425 g/mol. The van der Waals surface area contributed by atoms with E-state index < -0.39 is 10.9 Å². The number of anilines is 1. The Morgan fingerprint density at radius 2 is 2.04 bits per heavy atom. The minimum Gasteiger partial charge on any atom is -0.456 e. The minimum absolute atomic E-state index is 0.0225. The molecule has 1 aromatic carbocycles. The number of nitro benzene ring substituents is 1. The summed E-state index contributed by atoms with van der Waals surface area (Å²) in [5.41, 5.74) is 0.372. The van der Waals surface area contributed by atoms with E-state index >= 15 is 0 Å². The van der Waals surface area contributed by atoms with Crippen LogP contribution in [-0.2, 0) is 20.9 Å². The van der Waals surface area contributed by atoms with Gasteiger partial charge < -0.3 is 15.0 Å². The molecule has 150 valence electrons. The van der Waals surface area contributed by atoms with Crippen molar-refractivity contribution in [1.29, 1.82) is 0 Å². The summed E-state index contributed by atoms with van der Waals surface area (Å²) >= 11 is 7.24. The molecule has 0 atom stereocenters. The number of nitrogens with zero attached hydrogens (tertiary/aromatic N) is 2. The van der Waals surface area contributed by atoms with Crippen LogP contribution in [0.25, 0.3) is 0 Å². The zero-order valence-electron chi connectivity index (χ0n) is 15.2. The number of halogens is 1. The molecule has 0 fully saturated rings. The Bertz CT molecular complexity index is 842. The minimum atomic E-state index is -0.495. The van der Waals surface area contributed by atoms with Gasteiger partial charge in [0.15, 0.2) is 6.61 Å². The standard InChI is InChI=1S/C18H20ClN3O5S/c1-21(11-13-8-9-16(19)28-13)17(23)12-27-18(24)7-4-10-20-14-5-2-3-6-15(14)22(25)26/h2-3,5-6,8-9,20H,4,7,10-12H2,1H3. The number of hydrogen-bond acceptors (Lipinski definition) is 7. The first kappa shape index (κ1) is 21.6. The normalized spacial score (nSPS) is 10.4. The molecule has 0 unspecified atom stereocenters. The van der Waals surface area contributed by atoms with E-state index in [4.69, 9.17) is 16.3 Å². The number of carbonyl (C=O) groups is 2. The van der Waals surface area contributed by atoms with Crippen LogP contribution < -0.4 is 5.32 Å². The highest BCUT2D eigenvalue weighted by Crippen LogP contribution is 2.23. The average molecular weight is 426 g/mol. The molecule has 0 aliphatic rings. The van der Waals surface area contributed by atoms with Gasteiger partial charge in [0.25, 0.3) is 11.6 Å². The number of rotatable bonds is 10. The van der Waals surface area contributed by atoms with Crippen LogP contribution in [0.5, 0.6) is 0 Å². The van der Waals surface area contributed by atoms with Gasteiger partial charge >= 0.3 is 5.97 Å². The number of likely N-dealkylation sites (N-methyl/N-ethyl adjacent to an activating group) is 1. The molecule has 1 heterocycles. The number of esters is 1. The van der Waals surface area contributed by atoms with Gasteiger partial charge in [-0.2, -0.15) is 0 Å². The number of nitro groups is 1. The molecule has 0 saturated heterocycles. The molecule has 1 amide bonds. The molecule has 0 radical (unpaired) electrons. The lowest BCUT2D eigenvalue weighted by atomic mass is 10.2. The first-order valence-electron chi connectivity index (χ1n) is 8.48. The summed E-state index contributed by atoms with van der Waals surface area (Å²) in [6.45, 7) is 0.437. The largest absolute Gasteiger partial charge is 0.456 e. The summed E-state index contributed by atoms with van der Waals surface area (Å²) in [5.74, 6) is -0.804. The molecule has 1 aromatic heterocycles. The lowest BCUT2D eigenvalue weighted by molar-refractivity contribution is -0.384. The Morgan fingerprint density at radius 1 is 1.29 bits per heavy atom. The van der Waals surface area contributed by atoms with Crippen LogP contribution in [0.1, 0.15) is 17.7 Å². The third kappa shape index (κ3) is 6.82.